The molecule has 0 heterocycles. The van der Waals surface area contributed by atoms with Crippen LogP contribution in [0.1, 0.15) is 43.0 Å². The van der Waals surface area contributed by atoms with Crippen LogP contribution in [0.25, 0.3) is 0 Å². The SMILES string of the molecule is Cc1ccc(CN(C(=O)CN(c2ccc(Cl)cc2C)S(=O)(=O)c2ccc(C)cc2)[C@@H](C)C(=O)NC(C)C)cc1. The highest BCUT2D eigenvalue weighted by Crippen LogP contribution is 2.29. The fourth-order valence-corrected chi connectivity index (χ4v) is 5.83. The lowest BCUT2D eigenvalue weighted by Gasteiger charge is -2.32. The van der Waals surface area contributed by atoms with Crippen molar-refractivity contribution >= 4 is 39.1 Å². The molecule has 39 heavy (non-hydrogen) atoms. The summed E-state index contributed by atoms with van der Waals surface area (Å²) in [6.45, 7) is 10.6. The molecule has 0 aliphatic carbocycles. The molecule has 0 bridgehead atoms. The normalized spacial score (nSPS) is 12.2. The van der Waals surface area contributed by atoms with Crippen molar-refractivity contribution in [2.75, 3.05) is 10.8 Å². The number of hydrogen-bond acceptors (Lipinski definition) is 4. The third kappa shape index (κ3) is 7.61. The molecule has 0 aliphatic heterocycles. The topological polar surface area (TPSA) is 86.8 Å². The Kier molecular flexibility index (Phi) is 9.80. The number of halogens is 1. The van der Waals surface area contributed by atoms with Crippen molar-refractivity contribution < 1.29 is 18.0 Å². The first kappa shape index (κ1) is 30.2. The summed E-state index contributed by atoms with van der Waals surface area (Å²) in [7, 11) is -4.14. The highest BCUT2D eigenvalue weighted by atomic mass is 35.5. The van der Waals surface area contributed by atoms with Gasteiger partial charge in [-0.05, 0) is 83.0 Å². The molecule has 0 spiro atoms. The van der Waals surface area contributed by atoms with Crippen LogP contribution in [0.5, 0.6) is 0 Å². The summed E-state index contributed by atoms with van der Waals surface area (Å²) in [6, 6.07) is 18.0. The maximum Gasteiger partial charge on any atom is 0.264 e. The lowest BCUT2D eigenvalue weighted by molar-refractivity contribution is -0.139. The van der Waals surface area contributed by atoms with Gasteiger partial charge in [0.05, 0.1) is 10.6 Å². The van der Waals surface area contributed by atoms with Crippen molar-refractivity contribution in [3.8, 4) is 0 Å². The first-order valence-electron chi connectivity index (χ1n) is 12.8. The van der Waals surface area contributed by atoms with E-state index in [1.807, 2.05) is 52.0 Å². The molecule has 0 fully saturated rings. The highest BCUT2D eigenvalue weighted by Gasteiger charge is 2.33. The molecule has 0 saturated carbocycles. The van der Waals surface area contributed by atoms with Gasteiger partial charge in [-0.25, -0.2) is 8.42 Å². The summed E-state index contributed by atoms with van der Waals surface area (Å²) in [5, 5.41) is 3.31. The summed E-state index contributed by atoms with van der Waals surface area (Å²) in [5.41, 5.74) is 3.74. The quantitative estimate of drug-likeness (QED) is 0.354. The standard InChI is InChI=1S/C30H36ClN3O4S/c1-20(2)32-30(36)24(6)33(18-25-11-7-21(3)8-12-25)29(35)19-34(28-16-13-26(31)17-23(28)5)39(37,38)27-14-9-22(4)10-15-27/h7-17,20,24H,18-19H2,1-6H3,(H,32,36)/t24-/m0/s1. The number of amides is 2. The third-order valence-corrected chi connectivity index (χ3v) is 8.40. The summed E-state index contributed by atoms with van der Waals surface area (Å²) >= 11 is 6.16. The van der Waals surface area contributed by atoms with Crippen LogP contribution in [-0.4, -0.2) is 43.8 Å². The smallest absolute Gasteiger partial charge is 0.264 e. The van der Waals surface area contributed by atoms with Crippen LogP contribution < -0.4 is 9.62 Å². The molecular weight excluding hydrogens is 534 g/mol. The maximum atomic E-state index is 14.0. The fourth-order valence-electron chi connectivity index (χ4n) is 4.13. The number of nitrogens with one attached hydrogen (secondary N) is 1. The van der Waals surface area contributed by atoms with E-state index in [0.29, 0.717) is 16.3 Å². The van der Waals surface area contributed by atoms with Crippen LogP contribution >= 0.6 is 11.6 Å². The zero-order valence-corrected chi connectivity index (χ0v) is 24.8. The summed E-state index contributed by atoms with van der Waals surface area (Å²) in [6.07, 6.45) is 0. The third-order valence-electron chi connectivity index (χ3n) is 6.39. The lowest BCUT2D eigenvalue weighted by atomic mass is 10.1. The summed E-state index contributed by atoms with van der Waals surface area (Å²) in [4.78, 5) is 28.4. The molecule has 208 valence electrons. The second kappa shape index (κ2) is 12.7. The Morgan fingerprint density at radius 2 is 1.44 bits per heavy atom. The van der Waals surface area contributed by atoms with Crippen molar-refractivity contribution in [3.05, 3.63) is 94.0 Å². The molecule has 0 unspecified atom stereocenters. The van der Waals surface area contributed by atoms with Crippen molar-refractivity contribution in [1.82, 2.24) is 10.2 Å². The monoisotopic (exact) mass is 569 g/mol. The lowest BCUT2D eigenvalue weighted by Crippen LogP contribution is -2.52. The van der Waals surface area contributed by atoms with Gasteiger partial charge in [-0.3, -0.25) is 13.9 Å². The molecular formula is C30H36ClN3O4S. The van der Waals surface area contributed by atoms with E-state index in [4.69, 9.17) is 11.6 Å². The number of aryl methyl sites for hydroxylation is 3. The van der Waals surface area contributed by atoms with Gasteiger partial charge in [0.25, 0.3) is 10.0 Å². The predicted molar refractivity (Wildman–Crippen MR) is 156 cm³/mol. The van der Waals surface area contributed by atoms with Crippen molar-refractivity contribution in [3.63, 3.8) is 0 Å². The molecule has 3 rings (SSSR count). The average molecular weight is 570 g/mol. The van der Waals surface area contributed by atoms with Crippen LogP contribution in [0, 0.1) is 20.8 Å². The Balaban J connectivity index is 2.06. The second-order valence-electron chi connectivity index (χ2n) is 10.1. The maximum absolute atomic E-state index is 14.0. The number of sulfonamides is 1. The van der Waals surface area contributed by atoms with Crippen molar-refractivity contribution in [2.45, 2.75) is 65.1 Å². The van der Waals surface area contributed by atoms with E-state index in [1.165, 1.54) is 17.0 Å². The van der Waals surface area contributed by atoms with Gasteiger partial charge in [-0.2, -0.15) is 0 Å². The molecule has 9 heteroatoms. The van der Waals surface area contributed by atoms with Crippen LogP contribution in [-0.2, 0) is 26.2 Å². The van der Waals surface area contributed by atoms with E-state index in [0.717, 1.165) is 21.0 Å². The second-order valence-corrected chi connectivity index (χ2v) is 12.4. The number of hydrogen-bond donors (Lipinski definition) is 1. The van der Waals surface area contributed by atoms with E-state index < -0.39 is 28.5 Å². The molecule has 1 N–H and O–H groups in total. The zero-order chi connectivity index (χ0) is 28.9. The molecule has 1 atom stereocenters. The van der Waals surface area contributed by atoms with Gasteiger partial charge in [0.1, 0.15) is 12.6 Å². The molecule has 2 amide bonds. The number of carbonyl (C=O) groups excluding carboxylic acids is 2. The van der Waals surface area contributed by atoms with Gasteiger partial charge in [0, 0.05) is 17.6 Å². The Labute approximate surface area is 236 Å². The van der Waals surface area contributed by atoms with Gasteiger partial charge in [0.15, 0.2) is 0 Å². The van der Waals surface area contributed by atoms with Gasteiger partial charge in [0.2, 0.25) is 11.8 Å². The number of anilines is 1. The summed E-state index contributed by atoms with van der Waals surface area (Å²) in [5.74, 6) is -0.826. The first-order chi connectivity index (χ1) is 18.3. The number of carbonyl (C=O) groups is 2. The van der Waals surface area contributed by atoms with Crippen molar-refractivity contribution in [1.29, 1.82) is 0 Å². The van der Waals surface area contributed by atoms with Crippen molar-refractivity contribution in [2.24, 2.45) is 0 Å². The Morgan fingerprint density at radius 1 is 0.872 bits per heavy atom. The van der Waals surface area contributed by atoms with E-state index in [2.05, 4.69) is 5.32 Å². The van der Waals surface area contributed by atoms with Gasteiger partial charge >= 0.3 is 0 Å². The minimum absolute atomic E-state index is 0.0610. The minimum atomic E-state index is -4.14. The average Bonchev–Trinajstić information content (AvgIpc) is 2.86. The largest absolute Gasteiger partial charge is 0.352 e. The van der Waals surface area contributed by atoms with Gasteiger partial charge in [-0.1, -0.05) is 59.1 Å². The number of rotatable bonds is 10. The first-order valence-corrected chi connectivity index (χ1v) is 14.6. The van der Waals surface area contributed by atoms with Crippen LogP contribution in [0.3, 0.4) is 0 Å². The molecule has 0 radical (unpaired) electrons. The molecule has 7 nitrogen and oxygen atoms in total. The fraction of sp³-hybridized carbons (Fsp3) is 0.333. The molecule has 0 aromatic heterocycles. The van der Waals surface area contributed by atoms with Crippen LogP contribution in [0.2, 0.25) is 5.02 Å². The van der Waals surface area contributed by atoms with Crippen LogP contribution in [0.4, 0.5) is 5.69 Å². The van der Waals surface area contributed by atoms with E-state index >= 15 is 0 Å². The van der Waals surface area contributed by atoms with Crippen LogP contribution in [0.15, 0.2) is 71.6 Å². The van der Waals surface area contributed by atoms with E-state index in [1.54, 1.807) is 44.2 Å². The van der Waals surface area contributed by atoms with E-state index in [-0.39, 0.29) is 23.4 Å². The van der Waals surface area contributed by atoms with E-state index in [9.17, 15) is 18.0 Å². The minimum Gasteiger partial charge on any atom is -0.352 e. The molecule has 3 aromatic carbocycles. The van der Waals surface area contributed by atoms with Gasteiger partial charge < -0.3 is 10.2 Å². The highest BCUT2D eigenvalue weighted by molar-refractivity contribution is 7.92. The number of benzene rings is 3. The Bertz CT molecular complexity index is 1420. The number of nitrogens with zero attached hydrogens (tertiary/aromatic N) is 2. The molecule has 0 saturated heterocycles. The zero-order valence-electron chi connectivity index (χ0n) is 23.2. The van der Waals surface area contributed by atoms with Gasteiger partial charge in [-0.15, -0.1) is 0 Å². The molecule has 3 aromatic rings. The predicted octanol–water partition coefficient (Wildman–Crippen LogP) is 5.40. The Hall–Kier alpha value is -3.36. The Morgan fingerprint density at radius 3 is 1.97 bits per heavy atom. The molecule has 0 aliphatic rings. The summed E-state index contributed by atoms with van der Waals surface area (Å²) < 4.78 is 29.0.